The van der Waals surface area contributed by atoms with Gasteiger partial charge in [0.25, 0.3) is 0 Å². The molecule has 0 unspecified atom stereocenters. The van der Waals surface area contributed by atoms with Crippen LogP contribution in [0.25, 0.3) is 0 Å². The Hall–Kier alpha value is -2.53. The summed E-state index contributed by atoms with van der Waals surface area (Å²) >= 11 is 0. The van der Waals surface area contributed by atoms with Crippen molar-refractivity contribution >= 4 is 5.71 Å². The van der Waals surface area contributed by atoms with Gasteiger partial charge in [-0.25, -0.2) is 5.01 Å². The molecular formula is C22H25N3O2. The Labute approximate surface area is 159 Å². The third-order valence-corrected chi connectivity index (χ3v) is 6.17. The van der Waals surface area contributed by atoms with Crippen LogP contribution in [0.4, 0.5) is 0 Å². The molecule has 5 rings (SSSR count). The van der Waals surface area contributed by atoms with Gasteiger partial charge in [-0.15, -0.1) is 0 Å². The molecule has 27 heavy (non-hydrogen) atoms. The van der Waals surface area contributed by atoms with Crippen molar-refractivity contribution in [2.24, 2.45) is 5.10 Å². The zero-order valence-corrected chi connectivity index (χ0v) is 15.6. The summed E-state index contributed by atoms with van der Waals surface area (Å²) in [5.74, 6) is 1.28. The van der Waals surface area contributed by atoms with Gasteiger partial charge in [0.2, 0.25) is 5.72 Å². The van der Waals surface area contributed by atoms with Gasteiger partial charge in [-0.2, -0.15) is 5.10 Å². The number of hydrazone groups is 1. The molecule has 1 N–H and O–H groups in total. The first-order valence-electron chi connectivity index (χ1n) is 9.85. The minimum absolute atomic E-state index is 0.195. The molecule has 1 spiro atoms. The van der Waals surface area contributed by atoms with Crippen molar-refractivity contribution in [2.45, 2.75) is 38.0 Å². The molecule has 5 nitrogen and oxygen atoms in total. The Morgan fingerprint density at radius 2 is 1.96 bits per heavy atom. The summed E-state index contributed by atoms with van der Waals surface area (Å²) in [6, 6.07) is 16.0. The van der Waals surface area contributed by atoms with Gasteiger partial charge in [0.15, 0.2) is 0 Å². The number of nitrogens with zero attached hydrogens (tertiary/aromatic N) is 3. The van der Waals surface area contributed by atoms with E-state index in [4.69, 9.17) is 9.84 Å². The molecule has 0 amide bonds. The van der Waals surface area contributed by atoms with E-state index in [2.05, 4.69) is 41.1 Å². The van der Waals surface area contributed by atoms with Gasteiger partial charge < -0.3 is 14.7 Å². The van der Waals surface area contributed by atoms with E-state index < -0.39 is 0 Å². The number of benzene rings is 2. The van der Waals surface area contributed by atoms with E-state index in [1.165, 1.54) is 5.56 Å². The molecule has 1 fully saturated rings. The molecule has 0 saturated carbocycles. The first kappa shape index (κ1) is 16.6. The molecule has 1 atom stereocenters. The van der Waals surface area contributed by atoms with E-state index in [0.29, 0.717) is 0 Å². The number of phenols is 1. The van der Waals surface area contributed by atoms with Gasteiger partial charge in [-0.1, -0.05) is 37.3 Å². The summed E-state index contributed by atoms with van der Waals surface area (Å²) < 4.78 is 6.62. The lowest BCUT2D eigenvalue weighted by molar-refractivity contribution is -0.149. The lowest BCUT2D eigenvalue weighted by atomic mass is 9.90. The maximum absolute atomic E-state index is 9.89. The van der Waals surface area contributed by atoms with Gasteiger partial charge in [0, 0.05) is 43.5 Å². The fourth-order valence-electron chi connectivity index (χ4n) is 4.64. The van der Waals surface area contributed by atoms with Gasteiger partial charge in [0.1, 0.15) is 11.5 Å². The molecule has 2 aromatic rings. The summed E-state index contributed by atoms with van der Waals surface area (Å²) in [6.45, 7) is 5.34. The molecule has 0 bridgehead atoms. The number of likely N-dealkylation sites (tertiary alicyclic amines) is 1. The molecule has 3 aliphatic heterocycles. The summed E-state index contributed by atoms with van der Waals surface area (Å²) in [7, 11) is 0. The van der Waals surface area contributed by atoms with Crippen molar-refractivity contribution in [1.29, 1.82) is 0 Å². The lowest BCUT2D eigenvalue weighted by Gasteiger charge is -2.51. The number of ether oxygens (including phenoxy) is 1. The molecular weight excluding hydrogens is 338 g/mol. The van der Waals surface area contributed by atoms with Gasteiger partial charge in [-0.3, -0.25) is 0 Å². The Bertz CT molecular complexity index is 887. The van der Waals surface area contributed by atoms with E-state index >= 15 is 0 Å². The number of fused-ring (bicyclic) bond motifs is 4. The molecule has 0 radical (unpaired) electrons. The highest BCUT2D eigenvalue weighted by Gasteiger charge is 2.51. The average Bonchev–Trinajstić information content (AvgIpc) is 3.16. The van der Waals surface area contributed by atoms with Crippen LogP contribution in [0.1, 0.15) is 43.4 Å². The standard InChI is InChI=1S/C22H25N3O2/c1-2-24-12-10-22(11-13-24)25-20(18-8-3-4-9-21(18)27-22)15-19(23-25)16-6-5-7-17(26)14-16/h3-9,14,20,26H,2,10-13,15H2,1H3/t20-/m0/s1. The van der Waals surface area contributed by atoms with Crippen LogP contribution in [0.3, 0.4) is 0 Å². The van der Waals surface area contributed by atoms with E-state index in [1.807, 2.05) is 12.1 Å². The Morgan fingerprint density at radius 1 is 1.15 bits per heavy atom. The van der Waals surface area contributed by atoms with Crippen LogP contribution in [0.5, 0.6) is 11.5 Å². The Morgan fingerprint density at radius 3 is 2.74 bits per heavy atom. The molecule has 1 saturated heterocycles. The summed E-state index contributed by atoms with van der Waals surface area (Å²) in [5, 5.41) is 17.2. The van der Waals surface area contributed by atoms with Crippen LogP contribution in [-0.4, -0.2) is 46.1 Å². The van der Waals surface area contributed by atoms with E-state index in [0.717, 1.165) is 55.9 Å². The monoisotopic (exact) mass is 363 g/mol. The Kier molecular flexibility index (Phi) is 3.86. The van der Waals surface area contributed by atoms with Crippen molar-refractivity contribution in [3.8, 4) is 11.5 Å². The van der Waals surface area contributed by atoms with E-state index in [9.17, 15) is 5.11 Å². The third kappa shape index (κ3) is 2.69. The number of hydrogen-bond acceptors (Lipinski definition) is 5. The zero-order valence-electron chi connectivity index (χ0n) is 15.6. The van der Waals surface area contributed by atoms with Crippen LogP contribution >= 0.6 is 0 Å². The second-order valence-corrected chi connectivity index (χ2v) is 7.68. The number of aromatic hydroxyl groups is 1. The predicted octanol–water partition coefficient (Wildman–Crippen LogP) is 3.75. The number of hydrogen-bond donors (Lipinski definition) is 1. The van der Waals surface area contributed by atoms with Crippen LogP contribution in [0, 0.1) is 0 Å². The quantitative estimate of drug-likeness (QED) is 0.883. The fraction of sp³-hybridized carbons (Fsp3) is 0.409. The normalized spacial score (nSPS) is 23.5. The molecule has 3 heterocycles. The number of rotatable bonds is 2. The number of para-hydroxylation sites is 1. The lowest BCUT2D eigenvalue weighted by Crippen LogP contribution is -2.59. The maximum atomic E-state index is 9.89. The van der Waals surface area contributed by atoms with Crippen molar-refractivity contribution in [3.05, 3.63) is 59.7 Å². The number of piperidine rings is 1. The average molecular weight is 363 g/mol. The Balaban J connectivity index is 1.55. The molecule has 5 heteroatoms. The third-order valence-electron chi connectivity index (χ3n) is 6.17. The van der Waals surface area contributed by atoms with Crippen molar-refractivity contribution in [2.75, 3.05) is 19.6 Å². The SMILES string of the molecule is CCN1CCC2(CC1)Oc1ccccc1[C@@H]1CC(c3cccc(O)c3)=NN12. The molecule has 3 aliphatic rings. The highest BCUT2D eigenvalue weighted by Crippen LogP contribution is 2.49. The van der Waals surface area contributed by atoms with Gasteiger partial charge in [-0.05, 0) is 24.7 Å². The molecule has 0 aromatic heterocycles. The predicted molar refractivity (Wildman–Crippen MR) is 105 cm³/mol. The first-order valence-corrected chi connectivity index (χ1v) is 9.85. The van der Waals surface area contributed by atoms with E-state index in [-0.39, 0.29) is 17.5 Å². The van der Waals surface area contributed by atoms with Crippen LogP contribution in [0.2, 0.25) is 0 Å². The largest absolute Gasteiger partial charge is 0.508 e. The number of phenolic OH excluding ortho intramolecular Hbond substituents is 1. The summed E-state index contributed by atoms with van der Waals surface area (Å²) in [5.41, 5.74) is 2.85. The van der Waals surface area contributed by atoms with Gasteiger partial charge in [0.05, 0.1) is 11.8 Å². The van der Waals surface area contributed by atoms with Crippen LogP contribution < -0.4 is 4.74 Å². The van der Waals surface area contributed by atoms with E-state index in [1.54, 1.807) is 12.1 Å². The second-order valence-electron chi connectivity index (χ2n) is 7.68. The van der Waals surface area contributed by atoms with Crippen molar-refractivity contribution < 1.29 is 9.84 Å². The van der Waals surface area contributed by atoms with Gasteiger partial charge >= 0.3 is 0 Å². The second kappa shape index (κ2) is 6.27. The smallest absolute Gasteiger partial charge is 0.200 e. The summed E-state index contributed by atoms with van der Waals surface area (Å²) in [4.78, 5) is 2.47. The topological polar surface area (TPSA) is 48.3 Å². The molecule has 0 aliphatic carbocycles. The fourth-order valence-corrected chi connectivity index (χ4v) is 4.64. The minimum Gasteiger partial charge on any atom is -0.508 e. The first-order chi connectivity index (χ1) is 13.2. The molecule has 140 valence electrons. The zero-order chi connectivity index (χ0) is 18.4. The summed E-state index contributed by atoms with van der Waals surface area (Å²) in [6.07, 6.45) is 2.73. The highest BCUT2D eigenvalue weighted by molar-refractivity contribution is 6.02. The maximum Gasteiger partial charge on any atom is 0.200 e. The highest BCUT2D eigenvalue weighted by atomic mass is 16.5. The van der Waals surface area contributed by atoms with Crippen molar-refractivity contribution in [1.82, 2.24) is 9.91 Å². The van der Waals surface area contributed by atoms with Crippen LogP contribution in [0.15, 0.2) is 53.6 Å². The minimum atomic E-state index is -0.372. The molecule has 2 aromatic carbocycles. The van der Waals surface area contributed by atoms with Crippen molar-refractivity contribution in [3.63, 3.8) is 0 Å². The van der Waals surface area contributed by atoms with Crippen LogP contribution in [-0.2, 0) is 0 Å².